The van der Waals surface area contributed by atoms with E-state index < -0.39 is 5.60 Å². The number of carbonyl (C=O) groups excluding carboxylic acids is 1. The van der Waals surface area contributed by atoms with Gasteiger partial charge >= 0.3 is 6.09 Å². The maximum Gasteiger partial charge on any atom is 0.410 e. The van der Waals surface area contributed by atoms with Crippen molar-refractivity contribution in [3.05, 3.63) is 52.6 Å². The number of ether oxygens (including phenoxy) is 1. The number of nitrogens with zero attached hydrogens (tertiary/aromatic N) is 5. The van der Waals surface area contributed by atoms with Crippen LogP contribution in [0.4, 0.5) is 10.6 Å². The van der Waals surface area contributed by atoms with Crippen molar-refractivity contribution in [1.29, 1.82) is 5.26 Å². The van der Waals surface area contributed by atoms with Crippen molar-refractivity contribution in [2.24, 2.45) is 0 Å². The molecule has 1 amide bonds. The number of fused-ring (bicyclic) bond motifs is 1. The Morgan fingerprint density at radius 2 is 1.94 bits per heavy atom. The normalized spacial score (nSPS) is 14.5. The van der Waals surface area contributed by atoms with Crippen LogP contribution in [0.1, 0.15) is 26.5 Å². The summed E-state index contributed by atoms with van der Waals surface area (Å²) in [6.07, 6.45) is 2.98. The van der Waals surface area contributed by atoms with Crippen LogP contribution in [-0.2, 0) is 4.74 Å². The lowest BCUT2D eigenvalue weighted by Crippen LogP contribution is -2.50. The van der Waals surface area contributed by atoms with Crippen LogP contribution in [0, 0.1) is 11.3 Å². The number of aromatic amines is 1. The third-order valence-electron chi connectivity index (χ3n) is 5.05. The molecule has 3 aromatic heterocycles. The van der Waals surface area contributed by atoms with E-state index in [1.807, 2.05) is 32.9 Å². The number of pyridine rings is 2. The number of nitriles is 1. The number of aromatic nitrogens is 3. The molecule has 1 aliphatic rings. The molecule has 0 saturated carbocycles. The van der Waals surface area contributed by atoms with Gasteiger partial charge in [0.2, 0.25) is 0 Å². The number of piperazine rings is 1. The molecule has 31 heavy (non-hydrogen) atoms. The predicted octanol–water partition coefficient (Wildman–Crippen LogP) is 2.62. The molecular weight excluding hydrogens is 396 g/mol. The Hall–Kier alpha value is -3.80. The number of carbonyl (C=O) groups is 1. The molecule has 0 atom stereocenters. The van der Waals surface area contributed by atoms with Gasteiger partial charge in [0.1, 0.15) is 28.8 Å². The number of imidazole rings is 1. The van der Waals surface area contributed by atoms with Gasteiger partial charge in [-0.3, -0.25) is 9.20 Å². The van der Waals surface area contributed by atoms with Gasteiger partial charge in [-0.2, -0.15) is 5.26 Å². The van der Waals surface area contributed by atoms with Crippen molar-refractivity contribution >= 4 is 17.6 Å². The van der Waals surface area contributed by atoms with Crippen LogP contribution in [-0.4, -0.2) is 57.1 Å². The van der Waals surface area contributed by atoms with E-state index in [1.54, 1.807) is 21.7 Å². The number of anilines is 1. The second kappa shape index (κ2) is 7.80. The standard InChI is InChI=1S/C22H24N6O3/c1-22(2,3)31-21(30)27-8-6-26(7-9-27)19-5-4-15(13-24-19)18-10-17(29)11-20-25-14-16(12-23)28(18)20/h4-5,10-11,13-14,25H,6-9H2,1-3H3. The van der Waals surface area contributed by atoms with Crippen LogP contribution >= 0.6 is 0 Å². The average Bonchev–Trinajstić information content (AvgIpc) is 3.15. The summed E-state index contributed by atoms with van der Waals surface area (Å²) >= 11 is 0. The van der Waals surface area contributed by atoms with Crippen molar-refractivity contribution < 1.29 is 9.53 Å². The van der Waals surface area contributed by atoms with E-state index >= 15 is 0 Å². The van der Waals surface area contributed by atoms with Gasteiger partial charge in [-0.25, -0.2) is 9.78 Å². The zero-order valence-corrected chi connectivity index (χ0v) is 17.8. The van der Waals surface area contributed by atoms with Gasteiger partial charge in [0.05, 0.1) is 5.69 Å². The minimum Gasteiger partial charge on any atom is -0.444 e. The molecule has 0 aromatic carbocycles. The first-order valence-electron chi connectivity index (χ1n) is 10.1. The monoisotopic (exact) mass is 420 g/mol. The van der Waals surface area contributed by atoms with Crippen molar-refractivity contribution in [3.63, 3.8) is 0 Å². The van der Waals surface area contributed by atoms with Crippen molar-refractivity contribution in [3.8, 4) is 17.3 Å². The van der Waals surface area contributed by atoms with Gasteiger partial charge in [0.25, 0.3) is 0 Å². The SMILES string of the molecule is CC(C)(C)OC(=O)N1CCN(c2ccc(-c3cc(=O)cc4[nH]cc(C#N)n34)cn2)CC1. The van der Waals surface area contributed by atoms with E-state index in [4.69, 9.17) is 4.74 Å². The predicted molar refractivity (Wildman–Crippen MR) is 116 cm³/mol. The van der Waals surface area contributed by atoms with Gasteiger partial charge in [0, 0.05) is 56.3 Å². The number of amides is 1. The summed E-state index contributed by atoms with van der Waals surface area (Å²) in [6.45, 7) is 7.98. The van der Waals surface area contributed by atoms with Gasteiger partial charge in [-0.1, -0.05) is 0 Å². The molecule has 0 radical (unpaired) electrons. The van der Waals surface area contributed by atoms with Gasteiger partial charge in [-0.05, 0) is 32.9 Å². The number of nitrogens with one attached hydrogen (secondary N) is 1. The molecule has 3 aromatic rings. The summed E-state index contributed by atoms with van der Waals surface area (Å²) in [5.74, 6) is 0.793. The van der Waals surface area contributed by atoms with Crippen molar-refractivity contribution in [1.82, 2.24) is 19.3 Å². The van der Waals surface area contributed by atoms with Crippen molar-refractivity contribution in [2.75, 3.05) is 31.1 Å². The molecule has 0 bridgehead atoms. The average molecular weight is 420 g/mol. The van der Waals surface area contributed by atoms with Crippen LogP contribution in [0.5, 0.6) is 0 Å². The third-order valence-corrected chi connectivity index (χ3v) is 5.05. The maximum atomic E-state index is 12.2. The van der Waals surface area contributed by atoms with Crippen LogP contribution < -0.4 is 10.3 Å². The first-order chi connectivity index (χ1) is 14.7. The first kappa shape index (κ1) is 20.5. The van der Waals surface area contributed by atoms with Gasteiger partial charge in [-0.15, -0.1) is 0 Å². The highest BCUT2D eigenvalue weighted by molar-refractivity contribution is 5.69. The van der Waals surface area contributed by atoms with Crippen LogP contribution in [0.3, 0.4) is 0 Å². The van der Waals surface area contributed by atoms with Crippen LogP contribution in [0.25, 0.3) is 16.9 Å². The van der Waals surface area contributed by atoms with Crippen LogP contribution in [0.15, 0.2) is 41.5 Å². The second-order valence-corrected chi connectivity index (χ2v) is 8.44. The van der Waals surface area contributed by atoms with E-state index in [9.17, 15) is 14.9 Å². The Bertz CT molecular complexity index is 1210. The summed E-state index contributed by atoms with van der Waals surface area (Å²) in [6, 6.07) is 8.86. The van der Waals surface area contributed by atoms with E-state index in [2.05, 4.69) is 20.9 Å². The Kier molecular flexibility index (Phi) is 5.15. The highest BCUT2D eigenvalue weighted by atomic mass is 16.6. The molecule has 1 saturated heterocycles. The first-order valence-corrected chi connectivity index (χ1v) is 10.1. The summed E-state index contributed by atoms with van der Waals surface area (Å²) in [4.78, 5) is 35.6. The summed E-state index contributed by atoms with van der Waals surface area (Å²) in [7, 11) is 0. The molecular formula is C22H24N6O3. The van der Waals surface area contributed by atoms with Crippen LogP contribution in [0.2, 0.25) is 0 Å². The molecule has 9 nitrogen and oxygen atoms in total. The maximum absolute atomic E-state index is 12.2. The molecule has 0 aliphatic carbocycles. The summed E-state index contributed by atoms with van der Waals surface area (Å²) < 4.78 is 7.15. The number of H-pyrrole nitrogens is 1. The molecule has 4 heterocycles. The lowest BCUT2D eigenvalue weighted by Gasteiger charge is -2.36. The molecule has 4 rings (SSSR count). The smallest absolute Gasteiger partial charge is 0.410 e. The fourth-order valence-corrected chi connectivity index (χ4v) is 3.61. The van der Waals surface area contributed by atoms with E-state index in [0.29, 0.717) is 43.2 Å². The van der Waals surface area contributed by atoms with Gasteiger partial charge < -0.3 is 19.5 Å². The molecule has 1 aliphatic heterocycles. The molecule has 160 valence electrons. The van der Waals surface area contributed by atoms with E-state index in [0.717, 1.165) is 11.4 Å². The zero-order valence-electron chi connectivity index (χ0n) is 17.8. The largest absolute Gasteiger partial charge is 0.444 e. The minimum atomic E-state index is -0.513. The number of hydrogen-bond acceptors (Lipinski definition) is 6. The highest BCUT2D eigenvalue weighted by Crippen LogP contribution is 2.23. The number of rotatable bonds is 2. The Labute approximate surface area is 179 Å². The minimum absolute atomic E-state index is 0.149. The molecule has 9 heteroatoms. The van der Waals surface area contributed by atoms with Gasteiger partial charge in [0.15, 0.2) is 5.43 Å². The molecule has 1 N–H and O–H groups in total. The second-order valence-electron chi connectivity index (χ2n) is 8.44. The highest BCUT2D eigenvalue weighted by Gasteiger charge is 2.26. The Morgan fingerprint density at radius 1 is 1.19 bits per heavy atom. The quantitative estimate of drug-likeness (QED) is 0.683. The Balaban J connectivity index is 1.51. The molecule has 1 fully saturated rings. The lowest BCUT2D eigenvalue weighted by molar-refractivity contribution is 0.0240. The molecule has 0 unspecified atom stereocenters. The zero-order chi connectivity index (χ0) is 22.2. The Morgan fingerprint density at radius 3 is 2.55 bits per heavy atom. The molecule has 0 spiro atoms. The van der Waals surface area contributed by atoms with Crippen molar-refractivity contribution in [2.45, 2.75) is 26.4 Å². The summed E-state index contributed by atoms with van der Waals surface area (Å²) in [5.41, 5.74) is 1.65. The summed E-state index contributed by atoms with van der Waals surface area (Å²) in [5, 5.41) is 9.37. The fraction of sp³-hybridized carbons (Fsp3) is 0.364. The van der Waals surface area contributed by atoms with E-state index in [-0.39, 0.29) is 11.5 Å². The number of hydrogen-bond donors (Lipinski definition) is 1. The lowest BCUT2D eigenvalue weighted by atomic mass is 10.1. The van der Waals surface area contributed by atoms with E-state index in [1.165, 1.54) is 12.1 Å². The topological polar surface area (TPSA) is 107 Å². The third kappa shape index (κ3) is 4.23. The fourth-order valence-electron chi connectivity index (χ4n) is 3.61.